The van der Waals surface area contributed by atoms with Gasteiger partial charge in [-0.25, -0.2) is 22.7 Å². The fourth-order valence-electron chi connectivity index (χ4n) is 1.13. The molecule has 1 heterocycles. The Hall–Kier alpha value is -1.13. The number of hydrogen-bond donors (Lipinski definition) is 1. The summed E-state index contributed by atoms with van der Waals surface area (Å²) < 4.78 is 61.3. The molecule has 0 aliphatic heterocycles. The topological polar surface area (TPSA) is 75.2 Å². The zero-order valence-corrected chi connectivity index (χ0v) is 12.1. The van der Waals surface area contributed by atoms with Crippen molar-refractivity contribution in [3.63, 3.8) is 0 Å². The molecule has 1 aromatic heterocycles. The molecule has 0 unspecified atom stereocenters. The summed E-state index contributed by atoms with van der Waals surface area (Å²) in [6.07, 6.45) is -4.73. The first kappa shape index (κ1) is 16.9. The zero-order valence-electron chi connectivity index (χ0n) is 10.6. The number of halogens is 4. The van der Waals surface area contributed by atoms with Crippen LogP contribution in [0, 0.1) is 0 Å². The van der Waals surface area contributed by atoms with E-state index in [4.69, 9.17) is 11.6 Å². The van der Waals surface area contributed by atoms with Gasteiger partial charge < -0.3 is 5.32 Å². The lowest BCUT2D eigenvalue weighted by atomic mass is 10.5. The number of nitrogens with one attached hydrogen (secondary N) is 1. The molecule has 0 radical (unpaired) electrons. The minimum Gasteiger partial charge on any atom is -0.369 e. The second-order valence-electron chi connectivity index (χ2n) is 3.92. The van der Waals surface area contributed by atoms with E-state index in [0.29, 0.717) is 0 Å². The standard InChI is InChI=1S/C9H12ClF3N4O2S/c1-17(2)20(18,19)4-3-14-7-5-6(10)15-8(16-7)9(11,12)13/h5H,3-4H2,1-2H3,(H,14,15,16). The van der Waals surface area contributed by atoms with E-state index in [1.807, 2.05) is 0 Å². The Bertz CT molecular complexity index is 577. The Morgan fingerprint density at radius 3 is 2.45 bits per heavy atom. The summed E-state index contributed by atoms with van der Waals surface area (Å²) in [6, 6.07) is 1.08. The second-order valence-corrected chi connectivity index (χ2v) is 6.61. The average Bonchev–Trinajstić information content (AvgIpc) is 2.26. The summed E-state index contributed by atoms with van der Waals surface area (Å²) in [5.41, 5.74) is 0. The summed E-state index contributed by atoms with van der Waals surface area (Å²) in [5.74, 6) is -1.86. The third kappa shape index (κ3) is 4.76. The van der Waals surface area contributed by atoms with Gasteiger partial charge in [0.25, 0.3) is 0 Å². The van der Waals surface area contributed by atoms with Crippen LogP contribution < -0.4 is 5.32 Å². The molecule has 0 aliphatic rings. The zero-order chi connectivity index (χ0) is 15.6. The third-order valence-corrected chi connectivity index (χ3v) is 4.20. The molecule has 1 N–H and O–H groups in total. The van der Waals surface area contributed by atoms with Crippen LogP contribution in [0.4, 0.5) is 19.0 Å². The molecule has 6 nitrogen and oxygen atoms in total. The minimum atomic E-state index is -4.73. The molecule has 0 saturated heterocycles. The molecule has 20 heavy (non-hydrogen) atoms. The summed E-state index contributed by atoms with van der Waals surface area (Å²) in [7, 11) is -0.725. The molecule has 11 heteroatoms. The molecule has 0 amide bonds. The van der Waals surface area contributed by atoms with Gasteiger partial charge in [0.1, 0.15) is 11.0 Å². The molecule has 0 atom stereocenters. The van der Waals surface area contributed by atoms with Crippen molar-refractivity contribution in [1.29, 1.82) is 0 Å². The number of aromatic nitrogens is 2. The molecule has 114 valence electrons. The van der Waals surface area contributed by atoms with E-state index in [9.17, 15) is 21.6 Å². The van der Waals surface area contributed by atoms with Gasteiger partial charge in [0.2, 0.25) is 15.8 Å². The van der Waals surface area contributed by atoms with Crippen LogP contribution in [0.5, 0.6) is 0 Å². The lowest BCUT2D eigenvalue weighted by Crippen LogP contribution is -2.28. The van der Waals surface area contributed by atoms with Crippen LogP contribution >= 0.6 is 11.6 Å². The number of sulfonamides is 1. The Morgan fingerprint density at radius 1 is 1.35 bits per heavy atom. The van der Waals surface area contributed by atoms with Gasteiger partial charge in [-0.05, 0) is 0 Å². The average molecular weight is 333 g/mol. The minimum absolute atomic E-state index is 0.106. The Morgan fingerprint density at radius 2 is 1.95 bits per heavy atom. The summed E-state index contributed by atoms with van der Waals surface area (Å²) in [4.78, 5) is 6.28. The van der Waals surface area contributed by atoms with E-state index < -0.39 is 22.0 Å². The molecule has 1 aromatic rings. The van der Waals surface area contributed by atoms with Gasteiger partial charge in [0.05, 0.1) is 5.75 Å². The summed E-state index contributed by atoms with van der Waals surface area (Å²) >= 11 is 5.46. The van der Waals surface area contributed by atoms with Crippen molar-refractivity contribution < 1.29 is 21.6 Å². The first-order valence-electron chi connectivity index (χ1n) is 5.28. The highest BCUT2D eigenvalue weighted by molar-refractivity contribution is 7.89. The van der Waals surface area contributed by atoms with Crippen molar-refractivity contribution in [2.24, 2.45) is 0 Å². The quantitative estimate of drug-likeness (QED) is 0.826. The van der Waals surface area contributed by atoms with Crippen molar-refractivity contribution in [3.05, 3.63) is 17.0 Å². The van der Waals surface area contributed by atoms with Crippen LogP contribution in [0.3, 0.4) is 0 Å². The summed E-state index contributed by atoms with van der Waals surface area (Å²) in [5, 5.41) is 2.08. The Kier molecular flexibility index (Phi) is 5.16. The van der Waals surface area contributed by atoms with Gasteiger partial charge >= 0.3 is 6.18 Å². The van der Waals surface area contributed by atoms with Crippen LogP contribution in [-0.4, -0.2) is 49.1 Å². The SMILES string of the molecule is CN(C)S(=O)(=O)CCNc1cc(Cl)nc(C(F)(F)F)n1. The molecule has 0 bridgehead atoms. The maximum absolute atomic E-state index is 12.5. The second kappa shape index (κ2) is 6.10. The van der Waals surface area contributed by atoms with E-state index in [2.05, 4.69) is 15.3 Å². The monoisotopic (exact) mass is 332 g/mol. The van der Waals surface area contributed by atoms with Gasteiger partial charge in [-0.1, -0.05) is 11.6 Å². The van der Waals surface area contributed by atoms with E-state index >= 15 is 0 Å². The van der Waals surface area contributed by atoms with Gasteiger partial charge in [-0.15, -0.1) is 0 Å². The van der Waals surface area contributed by atoms with Crippen LogP contribution in [0.1, 0.15) is 5.82 Å². The molecule has 1 rings (SSSR count). The number of rotatable bonds is 5. The van der Waals surface area contributed by atoms with Crippen molar-refractivity contribution >= 4 is 27.4 Å². The van der Waals surface area contributed by atoms with Gasteiger partial charge in [-0.3, -0.25) is 0 Å². The van der Waals surface area contributed by atoms with E-state index in [1.54, 1.807) is 0 Å². The maximum Gasteiger partial charge on any atom is 0.451 e. The van der Waals surface area contributed by atoms with Gasteiger partial charge in [0, 0.05) is 26.7 Å². The van der Waals surface area contributed by atoms with Crippen LogP contribution in [0.15, 0.2) is 6.07 Å². The molecule has 0 fully saturated rings. The van der Waals surface area contributed by atoms with Gasteiger partial charge in [0.15, 0.2) is 0 Å². The molecule has 0 aliphatic carbocycles. The largest absolute Gasteiger partial charge is 0.451 e. The molecule has 0 saturated carbocycles. The highest BCUT2D eigenvalue weighted by atomic mass is 35.5. The lowest BCUT2D eigenvalue weighted by molar-refractivity contribution is -0.144. The highest BCUT2D eigenvalue weighted by Crippen LogP contribution is 2.28. The normalized spacial score (nSPS) is 12.8. The molecule has 0 spiro atoms. The first-order chi connectivity index (χ1) is 9.02. The summed E-state index contributed by atoms with van der Waals surface area (Å²) in [6.45, 7) is -0.106. The van der Waals surface area contributed by atoms with Crippen molar-refractivity contribution in [3.8, 4) is 0 Å². The predicted octanol–water partition coefficient (Wildman–Crippen LogP) is 1.45. The fourth-order valence-corrected chi connectivity index (χ4v) is 2.03. The molecular weight excluding hydrogens is 321 g/mol. The number of anilines is 1. The third-order valence-electron chi connectivity index (χ3n) is 2.17. The van der Waals surface area contributed by atoms with E-state index in [-0.39, 0.29) is 23.3 Å². The molecule has 0 aromatic carbocycles. The Balaban J connectivity index is 2.77. The smallest absolute Gasteiger partial charge is 0.369 e. The van der Waals surface area contributed by atoms with E-state index in [0.717, 1.165) is 10.4 Å². The van der Waals surface area contributed by atoms with Crippen molar-refractivity contribution in [2.45, 2.75) is 6.18 Å². The van der Waals surface area contributed by atoms with Crippen molar-refractivity contribution in [1.82, 2.24) is 14.3 Å². The number of alkyl halides is 3. The highest BCUT2D eigenvalue weighted by Gasteiger charge is 2.35. The van der Waals surface area contributed by atoms with Gasteiger partial charge in [-0.2, -0.15) is 13.2 Å². The predicted molar refractivity (Wildman–Crippen MR) is 68.0 cm³/mol. The van der Waals surface area contributed by atoms with Crippen LogP contribution in [0.2, 0.25) is 5.15 Å². The number of nitrogens with zero attached hydrogens (tertiary/aromatic N) is 3. The molecular formula is C9H12ClF3N4O2S. The lowest BCUT2D eigenvalue weighted by Gasteiger charge is -2.12. The van der Waals surface area contributed by atoms with E-state index in [1.165, 1.54) is 14.1 Å². The maximum atomic E-state index is 12.5. The fraction of sp³-hybridized carbons (Fsp3) is 0.556. The van der Waals surface area contributed by atoms with Crippen LogP contribution in [-0.2, 0) is 16.2 Å². The first-order valence-corrected chi connectivity index (χ1v) is 7.27. The van der Waals surface area contributed by atoms with Crippen molar-refractivity contribution in [2.75, 3.05) is 31.7 Å². The Labute approximate surface area is 119 Å². The van der Waals surface area contributed by atoms with Crippen LogP contribution in [0.25, 0.3) is 0 Å². The number of hydrogen-bond acceptors (Lipinski definition) is 5.